The molecule has 0 aromatic carbocycles. The van der Waals surface area contributed by atoms with Gasteiger partial charge in [0.1, 0.15) is 0 Å². The summed E-state index contributed by atoms with van der Waals surface area (Å²) in [5.74, 6) is 0. The first kappa shape index (κ1) is 37.5. The second-order valence-corrected chi connectivity index (χ2v) is 18.2. The zero-order chi connectivity index (χ0) is 30.5. The first-order chi connectivity index (χ1) is 19.6. The molecule has 0 amide bonds. The third kappa shape index (κ3) is 10.7. The van der Waals surface area contributed by atoms with E-state index < -0.39 is 15.2 Å². The van der Waals surface area contributed by atoms with E-state index in [1.54, 1.807) is 34.0 Å². The van der Waals surface area contributed by atoms with Gasteiger partial charge in [-0.1, -0.05) is 6.07 Å². The van der Waals surface area contributed by atoms with Crippen LogP contribution in [0, 0.1) is 0 Å². The van der Waals surface area contributed by atoms with Crippen LogP contribution in [0.15, 0.2) is 59.0 Å². The van der Waals surface area contributed by atoms with Crippen molar-refractivity contribution < 1.29 is 27.2 Å². The van der Waals surface area contributed by atoms with Crippen molar-refractivity contribution in [2.24, 2.45) is 4.30 Å². The van der Waals surface area contributed by atoms with Gasteiger partial charge in [0.25, 0.3) is 0 Å². The molecule has 4 aromatic rings. The van der Waals surface area contributed by atoms with Gasteiger partial charge in [-0.05, 0) is 101 Å². The Kier molecular flexibility index (Phi) is 17.3. The van der Waals surface area contributed by atoms with Gasteiger partial charge in [0, 0.05) is 9.75 Å². The van der Waals surface area contributed by atoms with Crippen molar-refractivity contribution in [3.8, 4) is 19.5 Å². The summed E-state index contributed by atoms with van der Waals surface area (Å²) in [6, 6.07) is 11.6. The molecule has 0 spiro atoms. The monoisotopic (exact) mass is 818 g/mol. The Morgan fingerprint density at radius 1 is 0.756 bits per heavy atom. The fourth-order valence-electron chi connectivity index (χ4n) is 3.31. The topological polar surface area (TPSA) is 83.4 Å². The molecule has 0 N–H and O–H groups in total. The summed E-state index contributed by atoms with van der Waals surface area (Å²) in [7, 11) is -2.12. The first-order valence-corrected chi connectivity index (χ1v) is 20.6. The van der Waals surface area contributed by atoms with Crippen LogP contribution in [-0.4, -0.2) is 34.1 Å². The van der Waals surface area contributed by atoms with Crippen molar-refractivity contribution in [3.63, 3.8) is 0 Å². The van der Waals surface area contributed by atoms with Crippen molar-refractivity contribution in [1.82, 2.24) is 0 Å². The van der Waals surface area contributed by atoms with E-state index in [-0.39, 0.29) is 0 Å². The predicted octanol–water partition coefficient (Wildman–Crippen LogP) is 10.4. The van der Waals surface area contributed by atoms with Crippen molar-refractivity contribution in [2.75, 3.05) is 26.4 Å². The summed E-state index contributed by atoms with van der Waals surface area (Å²) in [6.45, 7) is 8.71. The van der Waals surface area contributed by atoms with Crippen LogP contribution < -0.4 is 10.6 Å². The van der Waals surface area contributed by atoms with E-state index in [0.29, 0.717) is 37.0 Å². The van der Waals surface area contributed by atoms with Gasteiger partial charge >= 0.3 is 39.9 Å². The fraction of sp³-hybridized carbons (Fsp3) is 0.333. The zero-order valence-electron chi connectivity index (χ0n) is 22.7. The number of nitrogens with zero attached hydrogens (tertiary/aromatic N) is 1. The fourth-order valence-corrected chi connectivity index (χ4v) is 12.8. The molecule has 0 aliphatic carbocycles. The maximum absolute atomic E-state index is 13.0. The van der Waals surface area contributed by atoms with Crippen LogP contribution in [0.1, 0.15) is 27.7 Å². The summed E-state index contributed by atoms with van der Waals surface area (Å²) in [5, 5.41) is 5.24. The van der Waals surface area contributed by atoms with Gasteiger partial charge in [0.05, 0.1) is 54.4 Å². The molecule has 223 valence electrons. The SMILES string of the molecule is CCOP(=O)(OCC)c1cc(Br)sc1-c1ccc(Br)s1.CCOP(=O)(OCC)c1ccsc1-c1cccs1.[B]=NS. The van der Waals surface area contributed by atoms with Crippen LogP contribution in [0.5, 0.6) is 0 Å². The number of thiol groups is 1. The average Bonchev–Trinajstić information content (AvgIpc) is 3.72. The van der Waals surface area contributed by atoms with Crippen molar-refractivity contribution in [1.29, 1.82) is 0 Å². The normalized spacial score (nSPS) is 11.4. The number of thiophene rings is 4. The molecule has 0 fully saturated rings. The Balaban J connectivity index is 0.000000263. The Morgan fingerprint density at radius 3 is 1.78 bits per heavy atom. The van der Waals surface area contributed by atoms with E-state index in [4.69, 9.17) is 18.1 Å². The Morgan fingerprint density at radius 2 is 1.32 bits per heavy atom. The van der Waals surface area contributed by atoms with E-state index in [1.165, 1.54) is 11.3 Å². The molecule has 7 nitrogen and oxygen atoms in total. The molecule has 0 atom stereocenters. The number of hydrogen-bond acceptors (Lipinski definition) is 12. The van der Waals surface area contributed by atoms with Crippen molar-refractivity contribution >= 4 is 123 Å². The summed E-state index contributed by atoms with van der Waals surface area (Å²) >= 11 is 16.4. The molecule has 0 unspecified atom stereocenters. The molecule has 17 heteroatoms. The van der Waals surface area contributed by atoms with Gasteiger partial charge < -0.3 is 18.1 Å². The molecule has 0 saturated heterocycles. The molecule has 0 bridgehead atoms. The van der Waals surface area contributed by atoms with Crippen LogP contribution in [0.3, 0.4) is 0 Å². The average molecular weight is 820 g/mol. The first-order valence-electron chi connectivity index (χ1n) is 12.1. The van der Waals surface area contributed by atoms with E-state index in [0.717, 1.165) is 27.1 Å². The van der Waals surface area contributed by atoms with E-state index in [2.05, 4.69) is 56.6 Å². The molecule has 4 rings (SSSR count). The maximum atomic E-state index is 13.0. The van der Waals surface area contributed by atoms with E-state index in [9.17, 15) is 9.13 Å². The predicted molar refractivity (Wildman–Crippen MR) is 189 cm³/mol. The molecule has 4 heterocycles. The second kappa shape index (κ2) is 18.9. The van der Waals surface area contributed by atoms with Gasteiger partial charge in [-0.3, -0.25) is 9.13 Å². The minimum atomic E-state index is -3.27. The van der Waals surface area contributed by atoms with Crippen LogP contribution >= 0.6 is 105 Å². The van der Waals surface area contributed by atoms with Gasteiger partial charge in [-0.15, -0.1) is 45.3 Å². The molecular weight excluding hydrogens is 791 g/mol. The summed E-state index contributed by atoms with van der Waals surface area (Å²) in [6.07, 6.45) is 0. The number of halogens is 2. The summed E-state index contributed by atoms with van der Waals surface area (Å²) in [4.78, 5) is 4.05. The molecule has 0 saturated carbocycles. The third-order valence-corrected chi connectivity index (χ3v) is 14.7. The third-order valence-electron chi connectivity index (χ3n) is 4.66. The molecular formula is C24H29BBr2NO6P2S5. The summed E-state index contributed by atoms with van der Waals surface area (Å²) in [5.41, 5.74) is 0. The Bertz CT molecular complexity index is 1430. The van der Waals surface area contributed by atoms with Crippen LogP contribution in [0.25, 0.3) is 19.5 Å². The van der Waals surface area contributed by atoms with Gasteiger partial charge in [-0.25, -0.2) is 0 Å². The van der Waals surface area contributed by atoms with Crippen LogP contribution in [-0.2, 0) is 27.2 Å². The van der Waals surface area contributed by atoms with Gasteiger partial charge in [-0.2, -0.15) is 0 Å². The van der Waals surface area contributed by atoms with E-state index in [1.807, 2.05) is 74.9 Å². The van der Waals surface area contributed by atoms with Gasteiger partial charge in [0.15, 0.2) is 0 Å². The quantitative estimate of drug-likeness (QED) is 0.0871. The van der Waals surface area contributed by atoms with E-state index >= 15 is 0 Å². The molecule has 41 heavy (non-hydrogen) atoms. The Hall–Kier alpha value is 0.275. The molecule has 0 aliphatic rings. The number of hydrogen-bond donors (Lipinski definition) is 1. The van der Waals surface area contributed by atoms with Crippen LogP contribution in [0.4, 0.5) is 0 Å². The zero-order valence-corrected chi connectivity index (χ0v) is 31.8. The second-order valence-electron chi connectivity index (χ2n) is 7.26. The van der Waals surface area contributed by atoms with Gasteiger partial charge in [0.2, 0.25) is 0 Å². The standard InChI is InChI=1S/C12H13Br2O3PS2.C12H15O3PS2.BHNS/c1-3-16-18(15,17-4-2)8-7-11(14)20-12(8)9-5-6-10(13)19-9;1-3-14-16(13,15-4-2)10-7-9-18-12(10)11-6-5-8-17-11;1-2-3/h5-7H,3-4H2,1-2H3;5-9H,3-4H2,1-2H3;3H. The molecule has 4 aromatic heterocycles. The molecule has 1 radical (unpaired) electrons. The summed E-state index contributed by atoms with van der Waals surface area (Å²) < 4.78 is 52.1. The van der Waals surface area contributed by atoms with Crippen LogP contribution in [0.2, 0.25) is 0 Å². The Labute approximate surface area is 281 Å². The van der Waals surface area contributed by atoms with Crippen molar-refractivity contribution in [3.05, 3.63) is 54.7 Å². The van der Waals surface area contributed by atoms with Crippen molar-refractivity contribution in [2.45, 2.75) is 27.7 Å². The minimum absolute atomic E-state index is 0.346. The number of rotatable bonds is 12. The molecule has 0 aliphatic heterocycles.